The van der Waals surface area contributed by atoms with Gasteiger partial charge in [0.2, 0.25) is 5.91 Å². The number of carbonyl (C=O) groups is 1. The number of benzene rings is 1. The average Bonchev–Trinajstić information content (AvgIpc) is 2.47. The lowest BCUT2D eigenvalue weighted by molar-refractivity contribution is -0.134. The number of hydrogen-bond donors (Lipinski definition) is 1. The SMILES string of the molecule is COc1ccccc1CCC(=O)N1CCC(N)C(C)(C)C1.Cl. The largest absolute Gasteiger partial charge is 0.496 e. The Balaban J connectivity index is 0.00000242. The highest BCUT2D eigenvalue weighted by Crippen LogP contribution is 2.28. The molecular formula is C17H27ClN2O2. The van der Waals surface area contributed by atoms with Crippen molar-refractivity contribution in [1.82, 2.24) is 4.90 Å². The molecule has 1 amide bonds. The van der Waals surface area contributed by atoms with E-state index in [1.165, 1.54) is 0 Å². The molecular weight excluding hydrogens is 300 g/mol. The highest BCUT2D eigenvalue weighted by Gasteiger charge is 2.35. The minimum atomic E-state index is -0.00164. The maximum absolute atomic E-state index is 12.4. The highest BCUT2D eigenvalue weighted by molar-refractivity contribution is 5.85. The van der Waals surface area contributed by atoms with Crippen molar-refractivity contribution in [2.75, 3.05) is 20.2 Å². The molecule has 1 aliphatic rings. The van der Waals surface area contributed by atoms with Gasteiger partial charge in [-0.15, -0.1) is 12.4 Å². The third-order valence-electron chi connectivity index (χ3n) is 4.47. The number of halogens is 1. The van der Waals surface area contributed by atoms with Crippen LogP contribution in [0.1, 0.15) is 32.3 Å². The fourth-order valence-corrected chi connectivity index (χ4v) is 2.90. The van der Waals surface area contributed by atoms with Gasteiger partial charge in [0, 0.05) is 25.6 Å². The van der Waals surface area contributed by atoms with Crippen LogP contribution in [-0.4, -0.2) is 37.0 Å². The summed E-state index contributed by atoms with van der Waals surface area (Å²) in [6.45, 7) is 5.79. The van der Waals surface area contributed by atoms with Crippen LogP contribution < -0.4 is 10.5 Å². The lowest BCUT2D eigenvalue weighted by Gasteiger charge is -2.42. The molecule has 1 atom stereocenters. The zero-order valence-electron chi connectivity index (χ0n) is 13.7. The van der Waals surface area contributed by atoms with E-state index in [0.29, 0.717) is 12.8 Å². The van der Waals surface area contributed by atoms with Crippen molar-refractivity contribution in [3.8, 4) is 5.75 Å². The molecule has 1 aromatic rings. The molecule has 1 saturated heterocycles. The van der Waals surface area contributed by atoms with E-state index in [2.05, 4.69) is 13.8 Å². The molecule has 124 valence electrons. The number of ether oxygens (including phenoxy) is 1. The van der Waals surface area contributed by atoms with E-state index < -0.39 is 0 Å². The first-order valence-electron chi connectivity index (χ1n) is 7.59. The summed E-state index contributed by atoms with van der Waals surface area (Å²) in [4.78, 5) is 14.4. The van der Waals surface area contributed by atoms with E-state index in [4.69, 9.17) is 10.5 Å². The smallest absolute Gasteiger partial charge is 0.222 e. The zero-order valence-corrected chi connectivity index (χ0v) is 14.5. The Kier molecular flexibility index (Phi) is 6.69. The van der Waals surface area contributed by atoms with Gasteiger partial charge in [0.25, 0.3) is 0 Å². The molecule has 22 heavy (non-hydrogen) atoms. The van der Waals surface area contributed by atoms with Gasteiger partial charge < -0.3 is 15.4 Å². The minimum absolute atomic E-state index is 0. The average molecular weight is 327 g/mol. The number of likely N-dealkylation sites (tertiary alicyclic amines) is 1. The Morgan fingerprint density at radius 1 is 1.41 bits per heavy atom. The number of para-hydroxylation sites is 1. The van der Waals surface area contributed by atoms with E-state index in [1.54, 1.807) is 7.11 Å². The molecule has 2 N–H and O–H groups in total. The van der Waals surface area contributed by atoms with Gasteiger partial charge in [-0.05, 0) is 29.9 Å². The molecule has 2 rings (SSSR count). The van der Waals surface area contributed by atoms with Crippen LogP contribution in [0.25, 0.3) is 0 Å². The van der Waals surface area contributed by atoms with Gasteiger partial charge in [0.05, 0.1) is 7.11 Å². The highest BCUT2D eigenvalue weighted by atomic mass is 35.5. The lowest BCUT2D eigenvalue weighted by atomic mass is 9.79. The summed E-state index contributed by atoms with van der Waals surface area (Å²) in [7, 11) is 1.66. The number of methoxy groups -OCH3 is 1. The van der Waals surface area contributed by atoms with Crippen molar-refractivity contribution >= 4 is 18.3 Å². The number of piperidine rings is 1. The molecule has 0 aromatic heterocycles. The maximum Gasteiger partial charge on any atom is 0.222 e. The molecule has 1 aliphatic heterocycles. The maximum atomic E-state index is 12.4. The molecule has 1 fully saturated rings. The molecule has 0 saturated carbocycles. The number of carbonyl (C=O) groups excluding carboxylic acids is 1. The molecule has 0 spiro atoms. The van der Waals surface area contributed by atoms with Gasteiger partial charge in [-0.2, -0.15) is 0 Å². The van der Waals surface area contributed by atoms with Crippen LogP contribution in [0.4, 0.5) is 0 Å². The summed E-state index contributed by atoms with van der Waals surface area (Å²) >= 11 is 0. The van der Waals surface area contributed by atoms with E-state index in [1.807, 2.05) is 29.2 Å². The van der Waals surface area contributed by atoms with Crippen LogP contribution >= 0.6 is 12.4 Å². The summed E-state index contributed by atoms with van der Waals surface area (Å²) in [5, 5.41) is 0. The van der Waals surface area contributed by atoms with Crippen molar-refractivity contribution in [3.05, 3.63) is 29.8 Å². The molecule has 4 nitrogen and oxygen atoms in total. The number of rotatable bonds is 4. The topological polar surface area (TPSA) is 55.6 Å². The number of aryl methyl sites for hydroxylation is 1. The quantitative estimate of drug-likeness (QED) is 0.925. The lowest BCUT2D eigenvalue weighted by Crippen LogP contribution is -2.54. The first kappa shape index (κ1) is 18.8. The summed E-state index contributed by atoms with van der Waals surface area (Å²) in [6.07, 6.45) is 2.12. The third-order valence-corrected chi connectivity index (χ3v) is 4.47. The summed E-state index contributed by atoms with van der Waals surface area (Å²) in [6, 6.07) is 8.05. The molecule has 0 bridgehead atoms. The molecule has 1 aromatic carbocycles. The molecule has 0 aliphatic carbocycles. The number of hydrogen-bond acceptors (Lipinski definition) is 3. The van der Waals surface area contributed by atoms with Crippen LogP contribution in [-0.2, 0) is 11.2 Å². The van der Waals surface area contributed by atoms with Crippen LogP contribution in [0.15, 0.2) is 24.3 Å². The van der Waals surface area contributed by atoms with Crippen LogP contribution in [0, 0.1) is 5.41 Å². The second kappa shape index (κ2) is 7.84. The third kappa shape index (κ3) is 4.37. The Morgan fingerprint density at radius 2 is 2.09 bits per heavy atom. The Hall–Kier alpha value is -1.26. The first-order valence-corrected chi connectivity index (χ1v) is 7.59. The predicted octanol–water partition coefficient (Wildman–Crippen LogP) is 2.64. The van der Waals surface area contributed by atoms with Gasteiger partial charge >= 0.3 is 0 Å². The number of nitrogens with zero attached hydrogens (tertiary/aromatic N) is 1. The summed E-state index contributed by atoms with van der Waals surface area (Å²) in [5.74, 6) is 1.06. The molecule has 0 radical (unpaired) electrons. The van der Waals surface area contributed by atoms with E-state index in [0.717, 1.165) is 30.8 Å². The van der Waals surface area contributed by atoms with Gasteiger partial charge in [0.15, 0.2) is 0 Å². The molecule has 1 heterocycles. The standard InChI is InChI=1S/C17H26N2O2.ClH/c1-17(2)12-19(11-10-15(17)18)16(20)9-8-13-6-4-5-7-14(13)21-3;/h4-7,15H,8-12,18H2,1-3H3;1H. The normalized spacial score (nSPS) is 20.2. The van der Waals surface area contributed by atoms with Crippen molar-refractivity contribution in [2.45, 2.75) is 39.2 Å². The van der Waals surface area contributed by atoms with Crippen molar-refractivity contribution in [2.24, 2.45) is 11.1 Å². The van der Waals surface area contributed by atoms with Crippen LogP contribution in [0.5, 0.6) is 5.75 Å². The van der Waals surface area contributed by atoms with Gasteiger partial charge in [-0.3, -0.25) is 4.79 Å². The van der Waals surface area contributed by atoms with Crippen molar-refractivity contribution < 1.29 is 9.53 Å². The van der Waals surface area contributed by atoms with Crippen LogP contribution in [0.3, 0.4) is 0 Å². The van der Waals surface area contributed by atoms with E-state index >= 15 is 0 Å². The summed E-state index contributed by atoms with van der Waals surface area (Å²) in [5.41, 5.74) is 7.21. The van der Waals surface area contributed by atoms with E-state index in [-0.39, 0.29) is 29.8 Å². The van der Waals surface area contributed by atoms with Crippen molar-refractivity contribution in [3.63, 3.8) is 0 Å². The second-order valence-corrected chi connectivity index (χ2v) is 6.51. The number of nitrogens with two attached hydrogens (primary N) is 1. The van der Waals surface area contributed by atoms with Crippen LogP contribution in [0.2, 0.25) is 0 Å². The van der Waals surface area contributed by atoms with E-state index in [9.17, 15) is 4.79 Å². The predicted molar refractivity (Wildman–Crippen MR) is 91.5 cm³/mol. The Bertz CT molecular complexity index is 505. The molecule has 5 heteroatoms. The Morgan fingerprint density at radius 3 is 2.73 bits per heavy atom. The van der Waals surface area contributed by atoms with Gasteiger partial charge in [-0.25, -0.2) is 0 Å². The molecule has 1 unspecified atom stereocenters. The fraction of sp³-hybridized carbons (Fsp3) is 0.588. The number of amides is 1. The zero-order chi connectivity index (χ0) is 15.5. The van der Waals surface area contributed by atoms with Gasteiger partial charge in [-0.1, -0.05) is 32.0 Å². The minimum Gasteiger partial charge on any atom is -0.496 e. The monoisotopic (exact) mass is 326 g/mol. The fourth-order valence-electron chi connectivity index (χ4n) is 2.90. The second-order valence-electron chi connectivity index (χ2n) is 6.51. The van der Waals surface area contributed by atoms with Gasteiger partial charge in [0.1, 0.15) is 5.75 Å². The van der Waals surface area contributed by atoms with Crippen molar-refractivity contribution in [1.29, 1.82) is 0 Å². The first-order chi connectivity index (χ1) is 9.94. The Labute approximate surface area is 139 Å². The summed E-state index contributed by atoms with van der Waals surface area (Å²) < 4.78 is 5.33.